The molecule has 6 rings (SSSR count). The molecular formula is C36H41N3O8. The topological polar surface area (TPSA) is 135 Å². The average molecular weight is 644 g/mol. The van der Waals surface area contributed by atoms with Crippen LogP contribution >= 0.6 is 0 Å². The fourth-order valence-electron chi connectivity index (χ4n) is 7.36. The number of hydrogen-bond donors (Lipinski definition) is 2. The smallest absolute Gasteiger partial charge is 0.313 e. The lowest BCUT2D eigenvalue weighted by Crippen LogP contribution is -2.55. The molecule has 0 radical (unpaired) electrons. The summed E-state index contributed by atoms with van der Waals surface area (Å²) in [6.07, 6.45) is 6.11. The van der Waals surface area contributed by atoms with Gasteiger partial charge in [-0.2, -0.15) is 0 Å². The van der Waals surface area contributed by atoms with Crippen molar-refractivity contribution >= 4 is 23.7 Å². The summed E-state index contributed by atoms with van der Waals surface area (Å²) in [5.41, 5.74) is 0.145. The zero-order chi connectivity index (χ0) is 33.0. The fourth-order valence-corrected chi connectivity index (χ4v) is 7.36. The van der Waals surface area contributed by atoms with Crippen LogP contribution in [0.25, 0.3) is 0 Å². The number of amides is 3. The van der Waals surface area contributed by atoms with E-state index in [0.717, 1.165) is 5.56 Å². The van der Waals surface area contributed by atoms with Gasteiger partial charge in [0, 0.05) is 39.8 Å². The number of methoxy groups -OCH3 is 1. The van der Waals surface area contributed by atoms with Gasteiger partial charge in [0.05, 0.1) is 24.7 Å². The number of esters is 1. The number of nitrogens with zero attached hydrogens (tertiary/aromatic N) is 2. The van der Waals surface area contributed by atoms with Gasteiger partial charge in [0.1, 0.15) is 23.7 Å². The number of cyclic esters (lactones) is 1. The van der Waals surface area contributed by atoms with Gasteiger partial charge in [-0.3, -0.25) is 19.2 Å². The normalized spacial score (nSPS) is 31.5. The molecule has 0 aromatic heterocycles. The Balaban J connectivity index is 1.41. The lowest BCUT2D eigenvalue weighted by atomic mass is 9.77. The van der Waals surface area contributed by atoms with Gasteiger partial charge >= 0.3 is 5.97 Å². The molecule has 2 aromatic carbocycles. The summed E-state index contributed by atoms with van der Waals surface area (Å²) in [5, 5.41) is 12.7. The molecule has 2 N–H and O–H groups in total. The molecule has 7 atom stereocenters. The summed E-state index contributed by atoms with van der Waals surface area (Å²) >= 11 is 0. The molecule has 4 aliphatic heterocycles. The van der Waals surface area contributed by atoms with Crippen LogP contribution in [0.5, 0.6) is 0 Å². The van der Waals surface area contributed by atoms with Crippen molar-refractivity contribution in [2.24, 2.45) is 11.8 Å². The van der Waals surface area contributed by atoms with Crippen molar-refractivity contribution < 1.29 is 38.5 Å². The van der Waals surface area contributed by atoms with Crippen LogP contribution < -0.4 is 5.32 Å². The van der Waals surface area contributed by atoms with Crippen LogP contribution in [0.1, 0.15) is 36.5 Å². The first-order valence-electron chi connectivity index (χ1n) is 16.2. The molecule has 3 amide bonds. The number of aliphatic hydroxyl groups is 1. The first kappa shape index (κ1) is 32.6. The third-order valence-corrected chi connectivity index (χ3v) is 9.42. The van der Waals surface area contributed by atoms with E-state index in [0.29, 0.717) is 25.1 Å². The standard InChI is InChI=1S/C36H41N3O8/c1-45-23-26-31(25-14-6-3-7-15-25)46-35(44)29-27(16-8-9-17-28(41)37-26)47-36-18-10-19-38(22-24-12-4-2-5-13-24)34(43)32(36)39(20-11-21-40)33(42)30(29)36/h2-8,10,12-16,18,26-27,29-32,40H,9,11,17,19-23H2,1H3,(H,37,41)/b16-8-/t26-,27-,29+,30+,31-,32-,36+/m0/s1. The number of ether oxygens (including phenoxy) is 3. The third kappa shape index (κ3) is 6.35. The molecule has 47 heavy (non-hydrogen) atoms. The number of allylic oxidation sites excluding steroid dienone is 1. The first-order chi connectivity index (χ1) is 22.9. The van der Waals surface area contributed by atoms with Gasteiger partial charge < -0.3 is 34.4 Å². The molecule has 11 heteroatoms. The number of fused-ring (bicyclic) bond motifs is 2. The second-order valence-corrected chi connectivity index (χ2v) is 12.4. The maximum Gasteiger partial charge on any atom is 0.313 e. The molecule has 0 aliphatic carbocycles. The van der Waals surface area contributed by atoms with Crippen LogP contribution in [0, 0.1) is 11.8 Å². The molecule has 0 bridgehead atoms. The fraction of sp³-hybridized carbons (Fsp3) is 0.444. The molecule has 4 aliphatic rings. The minimum absolute atomic E-state index is 0.0802. The maximum absolute atomic E-state index is 14.5. The van der Waals surface area contributed by atoms with Crippen molar-refractivity contribution in [3.8, 4) is 0 Å². The number of rotatable bonds is 8. The van der Waals surface area contributed by atoms with Gasteiger partial charge in [-0.15, -0.1) is 0 Å². The molecular weight excluding hydrogens is 602 g/mol. The highest BCUT2D eigenvalue weighted by Gasteiger charge is 2.71. The summed E-state index contributed by atoms with van der Waals surface area (Å²) in [6.45, 7) is 0.657. The number of nitrogens with one attached hydrogen (secondary N) is 1. The Morgan fingerprint density at radius 3 is 2.47 bits per heavy atom. The Kier molecular flexibility index (Phi) is 9.86. The number of carbonyl (C=O) groups is 4. The summed E-state index contributed by atoms with van der Waals surface area (Å²) in [6, 6.07) is 17.0. The molecule has 11 nitrogen and oxygen atoms in total. The highest BCUT2D eigenvalue weighted by Crippen LogP contribution is 2.53. The lowest BCUT2D eigenvalue weighted by Gasteiger charge is -2.35. The van der Waals surface area contributed by atoms with E-state index in [2.05, 4.69) is 5.32 Å². The van der Waals surface area contributed by atoms with Gasteiger partial charge in [0.15, 0.2) is 0 Å². The maximum atomic E-state index is 14.5. The van der Waals surface area contributed by atoms with Crippen LogP contribution in [0.4, 0.5) is 0 Å². The van der Waals surface area contributed by atoms with Crippen molar-refractivity contribution in [3.63, 3.8) is 0 Å². The number of benzene rings is 2. The Labute approximate surface area is 274 Å². The Hall–Kier alpha value is -4.32. The van der Waals surface area contributed by atoms with E-state index in [-0.39, 0.29) is 44.4 Å². The van der Waals surface area contributed by atoms with E-state index < -0.39 is 53.6 Å². The molecule has 2 fully saturated rings. The van der Waals surface area contributed by atoms with E-state index in [1.54, 1.807) is 23.1 Å². The van der Waals surface area contributed by atoms with Crippen LogP contribution in [0.3, 0.4) is 0 Å². The molecule has 0 unspecified atom stereocenters. The van der Waals surface area contributed by atoms with Crippen LogP contribution in [0.15, 0.2) is 85.0 Å². The summed E-state index contributed by atoms with van der Waals surface area (Å²) in [7, 11) is 1.51. The van der Waals surface area contributed by atoms with Gasteiger partial charge in [-0.05, 0) is 24.0 Å². The summed E-state index contributed by atoms with van der Waals surface area (Å²) in [5.74, 6) is -3.72. The van der Waals surface area contributed by atoms with Gasteiger partial charge in [-0.1, -0.05) is 85.0 Å². The Morgan fingerprint density at radius 1 is 1.00 bits per heavy atom. The van der Waals surface area contributed by atoms with E-state index in [1.807, 2.05) is 66.7 Å². The second kappa shape index (κ2) is 14.2. The zero-order valence-electron chi connectivity index (χ0n) is 26.4. The van der Waals surface area contributed by atoms with Crippen LogP contribution in [0.2, 0.25) is 0 Å². The van der Waals surface area contributed by atoms with Crippen LogP contribution in [-0.4, -0.2) is 95.8 Å². The van der Waals surface area contributed by atoms with Crippen molar-refractivity contribution in [2.75, 3.05) is 33.4 Å². The Bertz CT molecular complexity index is 1510. The molecule has 2 aromatic rings. The predicted molar refractivity (Wildman–Crippen MR) is 170 cm³/mol. The van der Waals surface area contributed by atoms with Gasteiger partial charge in [0.2, 0.25) is 17.7 Å². The van der Waals surface area contributed by atoms with Gasteiger partial charge in [-0.25, -0.2) is 0 Å². The zero-order valence-corrected chi connectivity index (χ0v) is 26.4. The Morgan fingerprint density at radius 2 is 1.74 bits per heavy atom. The monoisotopic (exact) mass is 643 g/mol. The lowest BCUT2D eigenvalue weighted by molar-refractivity contribution is -0.162. The van der Waals surface area contributed by atoms with Crippen molar-refractivity contribution in [2.45, 2.75) is 55.7 Å². The van der Waals surface area contributed by atoms with Crippen LogP contribution in [-0.2, 0) is 39.9 Å². The first-order valence-corrected chi connectivity index (χ1v) is 16.2. The molecule has 4 heterocycles. The molecule has 248 valence electrons. The van der Waals surface area contributed by atoms with E-state index in [4.69, 9.17) is 14.2 Å². The van der Waals surface area contributed by atoms with E-state index in [1.165, 1.54) is 12.0 Å². The predicted octanol–water partition coefficient (Wildman–Crippen LogP) is 2.31. The number of hydrogen-bond acceptors (Lipinski definition) is 8. The molecule has 0 saturated carbocycles. The van der Waals surface area contributed by atoms with Crippen molar-refractivity contribution in [3.05, 3.63) is 96.1 Å². The summed E-state index contributed by atoms with van der Waals surface area (Å²) < 4.78 is 18.5. The number of likely N-dealkylation sites (tertiary alicyclic amines) is 1. The van der Waals surface area contributed by atoms with Crippen molar-refractivity contribution in [1.29, 1.82) is 0 Å². The molecule has 2 saturated heterocycles. The van der Waals surface area contributed by atoms with Gasteiger partial charge in [0.25, 0.3) is 0 Å². The minimum atomic E-state index is -1.45. The minimum Gasteiger partial charge on any atom is -0.455 e. The number of carbonyl (C=O) groups excluding carboxylic acids is 4. The highest BCUT2D eigenvalue weighted by molar-refractivity contribution is 5.99. The number of aliphatic hydroxyl groups excluding tert-OH is 1. The van der Waals surface area contributed by atoms with Crippen molar-refractivity contribution in [1.82, 2.24) is 15.1 Å². The largest absolute Gasteiger partial charge is 0.455 e. The summed E-state index contributed by atoms with van der Waals surface area (Å²) in [4.78, 5) is 59.5. The third-order valence-electron chi connectivity index (χ3n) is 9.42. The average Bonchev–Trinajstić information content (AvgIpc) is 3.46. The van der Waals surface area contributed by atoms with E-state index >= 15 is 0 Å². The molecule has 1 spiro atoms. The van der Waals surface area contributed by atoms with E-state index in [9.17, 15) is 24.3 Å². The highest BCUT2D eigenvalue weighted by atomic mass is 16.6. The SMILES string of the molecule is COC[C@@H]1NC(=O)CC/C=C\[C@@H]2O[C@@]34C=CCN(Cc5ccccc5)C(=O)[C@@H]3N(CCCO)C(=O)[C@H]4[C@@H]2C(=O)O[C@H]1c1ccccc1. The second-order valence-electron chi connectivity index (χ2n) is 12.4. The quantitative estimate of drug-likeness (QED) is 0.331.